The molecule has 8 heteroatoms. The fourth-order valence-electron chi connectivity index (χ4n) is 1.78. The van der Waals surface area contributed by atoms with E-state index in [2.05, 4.69) is 9.97 Å². The first-order valence-electron chi connectivity index (χ1n) is 5.52. The Labute approximate surface area is 113 Å². The van der Waals surface area contributed by atoms with E-state index in [0.29, 0.717) is 11.1 Å². The number of benzene rings is 1. The van der Waals surface area contributed by atoms with Gasteiger partial charge in [0.15, 0.2) is 0 Å². The number of non-ortho nitro benzene ring substituents is 1. The average molecular weight is 270 g/mol. The van der Waals surface area contributed by atoms with Crippen LogP contribution in [0.3, 0.4) is 0 Å². The van der Waals surface area contributed by atoms with Crippen LogP contribution in [0.25, 0.3) is 11.3 Å². The van der Waals surface area contributed by atoms with Crippen LogP contribution in [0, 0.1) is 28.4 Å². The summed E-state index contributed by atoms with van der Waals surface area (Å²) in [5.74, 6) is -0.150. The van der Waals surface area contributed by atoms with Crippen LogP contribution >= 0.6 is 0 Å². The number of nitriles is 1. The molecule has 1 heterocycles. The van der Waals surface area contributed by atoms with Crippen molar-refractivity contribution in [2.45, 2.75) is 6.92 Å². The summed E-state index contributed by atoms with van der Waals surface area (Å²) in [6.07, 6.45) is 0. The van der Waals surface area contributed by atoms with Crippen LogP contribution < -0.4 is 11.5 Å². The van der Waals surface area contributed by atoms with Crippen molar-refractivity contribution in [1.29, 1.82) is 5.26 Å². The predicted molar refractivity (Wildman–Crippen MR) is 72.4 cm³/mol. The van der Waals surface area contributed by atoms with Crippen molar-refractivity contribution >= 4 is 17.5 Å². The average Bonchev–Trinajstić information content (AvgIpc) is 2.38. The lowest BCUT2D eigenvalue weighted by atomic mass is 10.0. The first kappa shape index (κ1) is 13.2. The van der Waals surface area contributed by atoms with Gasteiger partial charge in [0.2, 0.25) is 5.95 Å². The molecule has 20 heavy (non-hydrogen) atoms. The number of nitrogens with zero attached hydrogens (tertiary/aromatic N) is 4. The molecule has 0 aliphatic rings. The van der Waals surface area contributed by atoms with Crippen LogP contribution in [0.4, 0.5) is 17.5 Å². The molecule has 0 atom stereocenters. The Morgan fingerprint density at radius 2 is 2.05 bits per heavy atom. The molecular weight excluding hydrogens is 260 g/mol. The maximum absolute atomic E-state index is 10.8. The third kappa shape index (κ3) is 2.20. The van der Waals surface area contributed by atoms with Gasteiger partial charge in [0.1, 0.15) is 17.5 Å². The van der Waals surface area contributed by atoms with Crippen LogP contribution in [0.5, 0.6) is 0 Å². The second-order valence-electron chi connectivity index (χ2n) is 4.06. The van der Waals surface area contributed by atoms with E-state index in [1.165, 1.54) is 12.1 Å². The van der Waals surface area contributed by atoms with E-state index in [1.54, 1.807) is 13.0 Å². The summed E-state index contributed by atoms with van der Waals surface area (Å²) in [7, 11) is 0. The predicted octanol–water partition coefficient (Wildman–Crippen LogP) is 1.40. The van der Waals surface area contributed by atoms with Crippen molar-refractivity contribution < 1.29 is 4.92 Å². The maximum atomic E-state index is 10.8. The Bertz CT molecular complexity index is 750. The Balaban J connectivity index is 2.77. The second-order valence-corrected chi connectivity index (χ2v) is 4.06. The molecule has 0 saturated heterocycles. The van der Waals surface area contributed by atoms with Gasteiger partial charge in [-0.2, -0.15) is 10.2 Å². The Kier molecular flexibility index (Phi) is 3.18. The number of aromatic nitrogens is 2. The molecule has 100 valence electrons. The number of anilines is 2. The van der Waals surface area contributed by atoms with Gasteiger partial charge in [-0.1, -0.05) is 6.07 Å². The summed E-state index contributed by atoms with van der Waals surface area (Å²) in [4.78, 5) is 18.0. The Morgan fingerprint density at radius 3 is 2.65 bits per heavy atom. The number of hydrogen-bond donors (Lipinski definition) is 2. The molecule has 0 unspecified atom stereocenters. The monoisotopic (exact) mass is 270 g/mol. The molecule has 0 bridgehead atoms. The van der Waals surface area contributed by atoms with E-state index in [0.717, 1.165) is 0 Å². The third-order valence-electron chi connectivity index (χ3n) is 2.75. The van der Waals surface area contributed by atoms with Crippen LogP contribution in [0.1, 0.15) is 11.1 Å². The standard InChI is InChI=1S/C12H10N6O2/c1-6-2-3-7(18(19)20)4-8(6)10-9(5-13)11(14)17-12(15)16-10/h2-4H,1H3,(H4,14,15,16,17). The first-order chi connectivity index (χ1) is 9.43. The third-order valence-corrected chi connectivity index (χ3v) is 2.75. The molecule has 0 spiro atoms. The van der Waals surface area contributed by atoms with E-state index in [9.17, 15) is 10.1 Å². The topological polar surface area (TPSA) is 145 Å². The van der Waals surface area contributed by atoms with Crippen molar-refractivity contribution in [3.05, 3.63) is 39.4 Å². The minimum Gasteiger partial charge on any atom is -0.382 e. The summed E-state index contributed by atoms with van der Waals surface area (Å²) in [5, 5.41) is 20.0. The highest BCUT2D eigenvalue weighted by atomic mass is 16.6. The molecule has 4 N–H and O–H groups in total. The number of rotatable bonds is 2. The molecule has 1 aromatic carbocycles. The van der Waals surface area contributed by atoms with E-state index in [1.807, 2.05) is 6.07 Å². The number of nitrogens with two attached hydrogens (primary N) is 2. The van der Waals surface area contributed by atoms with E-state index in [-0.39, 0.29) is 28.7 Å². The highest BCUT2D eigenvalue weighted by Crippen LogP contribution is 2.30. The second kappa shape index (κ2) is 4.81. The summed E-state index contributed by atoms with van der Waals surface area (Å²) < 4.78 is 0. The molecule has 1 aromatic heterocycles. The highest BCUT2D eigenvalue weighted by molar-refractivity contribution is 5.76. The molecular formula is C12H10N6O2. The molecule has 2 rings (SSSR count). The SMILES string of the molecule is Cc1ccc([N+](=O)[O-])cc1-c1nc(N)nc(N)c1C#N. The van der Waals surface area contributed by atoms with E-state index in [4.69, 9.17) is 16.7 Å². The zero-order valence-corrected chi connectivity index (χ0v) is 10.5. The number of nitro benzene ring substituents is 1. The molecule has 2 aromatic rings. The van der Waals surface area contributed by atoms with Gasteiger partial charge in [0.05, 0.1) is 10.6 Å². The molecule has 0 saturated carbocycles. The van der Waals surface area contributed by atoms with Crippen LogP contribution in [0.15, 0.2) is 18.2 Å². The maximum Gasteiger partial charge on any atom is 0.270 e. The molecule has 0 aliphatic carbocycles. The Hall–Kier alpha value is -3.21. The van der Waals surface area contributed by atoms with Crippen molar-refractivity contribution in [1.82, 2.24) is 9.97 Å². The minimum atomic E-state index is -0.525. The number of hydrogen-bond acceptors (Lipinski definition) is 7. The van der Waals surface area contributed by atoms with Gasteiger partial charge >= 0.3 is 0 Å². The van der Waals surface area contributed by atoms with Gasteiger partial charge in [-0.25, -0.2) is 4.98 Å². The van der Waals surface area contributed by atoms with Crippen molar-refractivity contribution in [3.63, 3.8) is 0 Å². The molecule has 0 aliphatic heterocycles. The van der Waals surface area contributed by atoms with Gasteiger partial charge in [0, 0.05) is 17.7 Å². The number of aryl methyl sites for hydroxylation is 1. The smallest absolute Gasteiger partial charge is 0.270 e. The summed E-state index contributed by atoms with van der Waals surface area (Å²) in [6, 6.07) is 6.17. The zero-order valence-electron chi connectivity index (χ0n) is 10.5. The number of nitrogen functional groups attached to an aromatic ring is 2. The van der Waals surface area contributed by atoms with Gasteiger partial charge in [-0.3, -0.25) is 10.1 Å². The molecule has 0 amide bonds. The lowest BCUT2D eigenvalue weighted by Crippen LogP contribution is -2.05. The van der Waals surface area contributed by atoms with Crippen LogP contribution in [-0.2, 0) is 0 Å². The van der Waals surface area contributed by atoms with Crippen molar-refractivity contribution in [2.24, 2.45) is 0 Å². The van der Waals surface area contributed by atoms with Gasteiger partial charge in [0.25, 0.3) is 5.69 Å². The summed E-state index contributed by atoms with van der Waals surface area (Å²) in [5.41, 5.74) is 12.4. The fourth-order valence-corrected chi connectivity index (χ4v) is 1.78. The number of nitro groups is 1. The largest absolute Gasteiger partial charge is 0.382 e. The van der Waals surface area contributed by atoms with E-state index >= 15 is 0 Å². The summed E-state index contributed by atoms with van der Waals surface area (Å²) >= 11 is 0. The first-order valence-corrected chi connectivity index (χ1v) is 5.52. The van der Waals surface area contributed by atoms with Crippen molar-refractivity contribution in [3.8, 4) is 17.3 Å². The van der Waals surface area contributed by atoms with Crippen LogP contribution in [-0.4, -0.2) is 14.9 Å². The van der Waals surface area contributed by atoms with Gasteiger partial charge in [-0.15, -0.1) is 0 Å². The normalized spacial score (nSPS) is 10.0. The highest BCUT2D eigenvalue weighted by Gasteiger charge is 2.17. The van der Waals surface area contributed by atoms with Crippen LogP contribution in [0.2, 0.25) is 0 Å². The molecule has 0 fully saturated rings. The lowest BCUT2D eigenvalue weighted by Gasteiger charge is -2.09. The minimum absolute atomic E-state index is 0.0443. The lowest BCUT2D eigenvalue weighted by molar-refractivity contribution is -0.384. The van der Waals surface area contributed by atoms with E-state index < -0.39 is 4.92 Å². The fraction of sp³-hybridized carbons (Fsp3) is 0.0833. The molecule has 8 nitrogen and oxygen atoms in total. The van der Waals surface area contributed by atoms with Gasteiger partial charge in [-0.05, 0) is 12.5 Å². The molecule has 0 radical (unpaired) electrons. The quantitative estimate of drug-likeness (QED) is 0.619. The van der Waals surface area contributed by atoms with Crippen molar-refractivity contribution in [2.75, 3.05) is 11.5 Å². The summed E-state index contributed by atoms with van der Waals surface area (Å²) in [6.45, 7) is 1.74. The van der Waals surface area contributed by atoms with Gasteiger partial charge < -0.3 is 11.5 Å². The Morgan fingerprint density at radius 1 is 1.35 bits per heavy atom. The zero-order chi connectivity index (χ0) is 14.9.